The van der Waals surface area contributed by atoms with E-state index >= 15 is 0 Å². The van der Waals surface area contributed by atoms with E-state index in [-0.39, 0.29) is 24.0 Å². The van der Waals surface area contributed by atoms with Gasteiger partial charge in [-0.05, 0) is 26.2 Å². The van der Waals surface area contributed by atoms with Crippen LogP contribution >= 0.6 is 24.0 Å². The first kappa shape index (κ1) is 20.4. The lowest BCUT2D eigenvalue weighted by Crippen LogP contribution is -2.46. The second kappa shape index (κ2) is 10.3. The minimum absolute atomic E-state index is 0. The summed E-state index contributed by atoms with van der Waals surface area (Å²) in [4.78, 5) is 4.25. The highest BCUT2D eigenvalue weighted by Gasteiger charge is 2.26. The zero-order valence-corrected chi connectivity index (χ0v) is 17.1. The molecule has 1 aliphatic rings. The molecule has 0 radical (unpaired) electrons. The van der Waals surface area contributed by atoms with Gasteiger partial charge in [0.25, 0.3) is 0 Å². The minimum atomic E-state index is -0.705. The average molecular weight is 454 g/mol. The van der Waals surface area contributed by atoms with Crippen molar-refractivity contribution in [2.75, 3.05) is 12.8 Å². The van der Waals surface area contributed by atoms with E-state index in [4.69, 9.17) is 4.52 Å². The normalized spacial score (nSPS) is 23.0. The second-order valence-electron chi connectivity index (χ2n) is 5.66. The summed E-state index contributed by atoms with van der Waals surface area (Å²) in [6.45, 7) is 4.45. The lowest BCUT2D eigenvalue weighted by atomic mass is 9.95. The van der Waals surface area contributed by atoms with Gasteiger partial charge in [0.05, 0.1) is 12.2 Å². The molecule has 0 aromatic carbocycles. The van der Waals surface area contributed by atoms with Crippen LogP contribution in [0.25, 0.3) is 0 Å². The predicted molar refractivity (Wildman–Crippen MR) is 105 cm³/mol. The van der Waals surface area contributed by atoms with E-state index in [1.807, 2.05) is 19.9 Å². The van der Waals surface area contributed by atoms with E-state index in [1.54, 1.807) is 7.05 Å². The third kappa shape index (κ3) is 6.40. The van der Waals surface area contributed by atoms with Crippen LogP contribution in [-0.2, 0) is 17.3 Å². The van der Waals surface area contributed by atoms with Crippen molar-refractivity contribution in [2.24, 2.45) is 4.99 Å². The van der Waals surface area contributed by atoms with Gasteiger partial charge in [0.15, 0.2) is 11.7 Å². The number of guanidine groups is 1. The molecular formula is C15H27IN4O2S. The third-order valence-electron chi connectivity index (χ3n) is 3.95. The van der Waals surface area contributed by atoms with Gasteiger partial charge < -0.3 is 15.2 Å². The lowest BCUT2D eigenvalue weighted by molar-refractivity contribution is 0.374. The van der Waals surface area contributed by atoms with Crippen LogP contribution in [0.4, 0.5) is 0 Å². The highest BCUT2D eigenvalue weighted by molar-refractivity contribution is 14.0. The van der Waals surface area contributed by atoms with Gasteiger partial charge >= 0.3 is 0 Å². The molecule has 0 aliphatic heterocycles. The van der Waals surface area contributed by atoms with Gasteiger partial charge in [0, 0.05) is 41.0 Å². The van der Waals surface area contributed by atoms with Gasteiger partial charge in [0.2, 0.25) is 0 Å². The summed E-state index contributed by atoms with van der Waals surface area (Å²) in [7, 11) is 1.05. The summed E-state index contributed by atoms with van der Waals surface area (Å²) in [5.74, 6) is 2.28. The summed E-state index contributed by atoms with van der Waals surface area (Å²) in [6.07, 6.45) is 4.23. The van der Waals surface area contributed by atoms with Gasteiger partial charge in [0.1, 0.15) is 0 Å². The van der Waals surface area contributed by atoms with E-state index < -0.39 is 10.8 Å². The first-order chi connectivity index (χ1) is 10.6. The van der Waals surface area contributed by atoms with Gasteiger partial charge in [-0.3, -0.25) is 9.20 Å². The number of rotatable bonds is 5. The van der Waals surface area contributed by atoms with Gasteiger partial charge in [-0.25, -0.2) is 0 Å². The molecule has 1 aromatic heterocycles. The van der Waals surface area contributed by atoms with Crippen molar-refractivity contribution in [1.29, 1.82) is 0 Å². The quantitative estimate of drug-likeness (QED) is 0.406. The largest absolute Gasteiger partial charge is 0.359 e. The molecule has 0 amide bonds. The number of halogens is 1. The fourth-order valence-corrected chi connectivity index (χ4v) is 4.16. The molecule has 1 aliphatic carbocycles. The maximum atomic E-state index is 12.0. The Bertz CT molecular complexity index is 535. The Balaban J connectivity index is 0.00000264. The smallest absolute Gasteiger partial charge is 0.191 e. The average Bonchev–Trinajstić information content (AvgIpc) is 2.96. The molecule has 23 heavy (non-hydrogen) atoms. The molecular weight excluding hydrogens is 427 g/mol. The number of nitrogens with one attached hydrogen (secondary N) is 2. The van der Waals surface area contributed by atoms with Crippen LogP contribution in [0.5, 0.6) is 0 Å². The van der Waals surface area contributed by atoms with Crippen LogP contribution in [0.3, 0.4) is 0 Å². The molecule has 0 saturated heterocycles. The molecule has 1 saturated carbocycles. The van der Waals surface area contributed by atoms with Crippen LogP contribution in [0.1, 0.15) is 44.1 Å². The maximum Gasteiger partial charge on any atom is 0.191 e. The molecule has 1 heterocycles. The van der Waals surface area contributed by atoms with Crippen molar-refractivity contribution in [3.05, 3.63) is 17.5 Å². The summed E-state index contributed by atoms with van der Waals surface area (Å²) in [6, 6.07) is 2.23. The third-order valence-corrected chi connectivity index (χ3v) is 5.69. The summed E-state index contributed by atoms with van der Waals surface area (Å²) < 4.78 is 17.2. The van der Waals surface area contributed by atoms with E-state index in [0.29, 0.717) is 17.8 Å². The second-order valence-corrected chi connectivity index (χ2v) is 7.67. The molecule has 2 N–H and O–H groups in total. The van der Waals surface area contributed by atoms with Crippen molar-refractivity contribution in [1.82, 2.24) is 15.8 Å². The molecule has 3 atom stereocenters. The maximum absolute atomic E-state index is 12.0. The standard InChI is InChI=1S/C15H26N4O2S.HI/c1-4-22(20)14-7-5-6-12(9-14)18-15(16-3)17-10-13-8-11(2)19-21-13;/h8,12,14H,4-7,9-10H2,1-3H3,(H2,16,17,18);1H. The summed E-state index contributed by atoms with van der Waals surface area (Å²) >= 11 is 0. The molecule has 132 valence electrons. The van der Waals surface area contributed by atoms with Crippen molar-refractivity contribution >= 4 is 40.7 Å². The van der Waals surface area contributed by atoms with Crippen molar-refractivity contribution in [3.63, 3.8) is 0 Å². The fraction of sp³-hybridized carbons (Fsp3) is 0.733. The van der Waals surface area contributed by atoms with E-state index in [1.165, 1.54) is 0 Å². The summed E-state index contributed by atoms with van der Waals surface area (Å²) in [5.41, 5.74) is 0.872. The topological polar surface area (TPSA) is 79.5 Å². The predicted octanol–water partition coefficient (Wildman–Crippen LogP) is 2.35. The highest BCUT2D eigenvalue weighted by Crippen LogP contribution is 2.22. The monoisotopic (exact) mass is 454 g/mol. The SMILES string of the molecule is CCS(=O)C1CCCC(NC(=NC)NCc2cc(C)no2)C1.I. The molecule has 0 bridgehead atoms. The zero-order chi connectivity index (χ0) is 15.9. The molecule has 6 nitrogen and oxygen atoms in total. The van der Waals surface area contributed by atoms with Crippen LogP contribution in [0.2, 0.25) is 0 Å². The van der Waals surface area contributed by atoms with Crippen LogP contribution in [0.15, 0.2) is 15.6 Å². The van der Waals surface area contributed by atoms with Gasteiger partial charge in [-0.2, -0.15) is 0 Å². The fourth-order valence-electron chi connectivity index (χ4n) is 2.81. The number of nitrogens with zero attached hydrogens (tertiary/aromatic N) is 2. The van der Waals surface area contributed by atoms with E-state index in [9.17, 15) is 4.21 Å². The number of hydrogen-bond acceptors (Lipinski definition) is 4. The van der Waals surface area contributed by atoms with Gasteiger partial charge in [-0.15, -0.1) is 24.0 Å². The molecule has 0 spiro atoms. The molecule has 3 unspecified atom stereocenters. The summed E-state index contributed by atoms with van der Waals surface area (Å²) in [5, 5.41) is 10.8. The van der Waals surface area contributed by atoms with Crippen molar-refractivity contribution in [3.8, 4) is 0 Å². The Morgan fingerprint density at radius 2 is 2.30 bits per heavy atom. The molecule has 1 fully saturated rings. The first-order valence-electron chi connectivity index (χ1n) is 7.89. The Morgan fingerprint density at radius 3 is 2.91 bits per heavy atom. The number of aryl methyl sites for hydroxylation is 1. The Kier molecular flexibility index (Phi) is 9.11. The molecule has 8 heteroatoms. The van der Waals surface area contributed by atoms with Crippen LogP contribution < -0.4 is 10.6 Å². The first-order valence-corrected chi connectivity index (χ1v) is 9.27. The van der Waals surface area contributed by atoms with Gasteiger partial charge in [-0.1, -0.05) is 18.5 Å². The molecule has 2 rings (SSSR count). The van der Waals surface area contributed by atoms with Crippen LogP contribution in [0, 0.1) is 6.92 Å². The van der Waals surface area contributed by atoms with E-state index in [0.717, 1.165) is 48.8 Å². The van der Waals surface area contributed by atoms with Crippen molar-refractivity contribution in [2.45, 2.75) is 57.4 Å². The number of aliphatic imine (C=N–C) groups is 1. The lowest BCUT2D eigenvalue weighted by Gasteiger charge is -2.30. The number of aromatic nitrogens is 1. The minimum Gasteiger partial charge on any atom is -0.359 e. The highest BCUT2D eigenvalue weighted by atomic mass is 127. The Labute approximate surface area is 157 Å². The van der Waals surface area contributed by atoms with Crippen molar-refractivity contribution < 1.29 is 8.73 Å². The Hall–Kier alpha value is -0.640. The number of hydrogen-bond donors (Lipinski definition) is 2. The van der Waals surface area contributed by atoms with E-state index in [2.05, 4.69) is 20.8 Å². The Morgan fingerprint density at radius 1 is 1.52 bits per heavy atom. The molecule has 1 aromatic rings. The zero-order valence-electron chi connectivity index (χ0n) is 14.0. The van der Waals surface area contributed by atoms with Crippen LogP contribution in [-0.4, -0.2) is 39.4 Å².